The van der Waals surface area contributed by atoms with E-state index < -0.39 is 6.10 Å². The lowest BCUT2D eigenvalue weighted by Gasteiger charge is -2.21. The van der Waals surface area contributed by atoms with Gasteiger partial charge < -0.3 is 5.11 Å². The molecule has 1 aromatic carbocycles. The van der Waals surface area contributed by atoms with Crippen LogP contribution in [0.4, 0.5) is 0 Å². The van der Waals surface area contributed by atoms with Crippen molar-refractivity contribution in [3.8, 4) is 0 Å². The lowest BCUT2D eigenvalue weighted by molar-refractivity contribution is 0.124. The summed E-state index contributed by atoms with van der Waals surface area (Å²) in [5.41, 5.74) is 3.47. The monoisotopic (exact) mass is 284 g/mol. The van der Waals surface area contributed by atoms with Crippen LogP contribution in [0, 0.1) is 0 Å². The summed E-state index contributed by atoms with van der Waals surface area (Å²) in [5, 5.41) is 10.3. The number of hydrogen-bond donors (Lipinski definition) is 1. The molecule has 0 radical (unpaired) electrons. The number of aryl methyl sites for hydroxylation is 1. The van der Waals surface area contributed by atoms with Crippen molar-refractivity contribution in [2.75, 3.05) is 13.6 Å². The van der Waals surface area contributed by atoms with Gasteiger partial charge in [0.15, 0.2) is 0 Å². The van der Waals surface area contributed by atoms with Crippen molar-refractivity contribution in [2.24, 2.45) is 0 Å². The average Bonchev–Trinajstić information content (AvgIpc) is 2.49. The Hall–Kier alpha value is -1.71. The highest BCUT2D eigenvalue weighted by Gasteiger charge is 2.11. The molecule has 0 aliphatic carbocycles. The van der Waals surface area contributed by atoms with Crippen molar-refractivity contribution in [2.45, 2.75) is 32.4 Å². The van der Waals surface area contributed by atoms with Gasteiger partial charge in [-0.25, -0.2) is 0 Å². The van der Waals surface area contributed by atoms with Crippen LogP contribution in [-0.4, -0.2) is 28.6 Å². The number of rotatable bonds is 7. The van der Waals surface area contributed by atoms with E-state index in [0.717, 1.165) is 30.5 Å². The van der Waals surface area contributed by atoms with E-state index in [1.54, 1.807) is 6.20 Å². The molecule has 0 spiro atoms. The van der Waals surface area contributed by atoms with Gasteiger partial charge in [-0.05, 0) is 36.2 Å². The molecule has 2 rings (SSSR count). The maximum Gasteiger partial charge on any atom is 0.0916 e. The van der Waals surface area contributed by atoms with Gasteiger partial charge >= 0.3 is 0 Å². The number of nitrogens with zero attached hydrogens (tertiary/aromatic N) is 2. The zero-order chi connectivity index (χ0) is 15.1. The molecule has 3 heteroatoms. The Morgan fingerprint density at radius 2 is 1.90 bits per heavy atom. The second-order valence-corrected chi connectivity index (χ2v) is 5.57. The van der Waals surface area contributed by atoms with E-state index in [1.807, 2.05) is 31.4 Å². The van der Waals surface area contributed by atoms with Crippen molar-refractivity contribution in [1.82, 2.24) is 9.88 Å². The lowest BCUT2D eigenvalue weighted by Crippen LogP contribution is -2.24. The summed E-state index contributed by atoms with van der Waals surface area (Å²) in [4.78, 5) is 6.23. The van der Waals surface area contributed by atoms with E-state index in [4.69, 9.17) is 0 Å². The summed E-state index contributed by atoms with van der Waals surface area (Å²) >= 11 is 0. The number of pyridine rings is 1. The van der Waals surface area contributed by atoms with E-state index in [0.29, 0.717) is 6.54 Å². The number of benzene rings is 1. The Labute approximate surface area is 127 Å². The molecular formula is C18H24N2O. The van der Waals surface area contributed by atoms with Crippen LogP contribution < -0.4 is 0 Å². The molecule has 1 heterocycles. The Bertz CT molecular complexity index is 525. The quantitative estimate of drug-likeness (QED) is 0.848. The molecule has 1 N–H and O–H groups in total. The Kier molecular flexibility index (Phi) is 5.90. The fourth-order valence-corrected chi connectivity index (χ4v) is 2.46. The standard InChI is InChI=1S/C18H24N2O/c1-3-5-15-7-9-17(10-8-15)18(21)14-20(2)13-16-6-4-11-19-12-16/h4,6-12,18,21H,3,5,13-14H2,1-2H3. The van der Waals surface area contributed by atoms with Crippen molar-refractivity contribution < 1.29 is 5.11 Å². The minimum absolute atomic E-state index is 0.456. The highest BCUT2D eigenvalue weighted by atomic mass is 16.3. The Balaban J connectivity index is 1.89. The third kappa shape index (κ3) is 4.96. The van der Waals surface area contributed by atoms with E-state index >= 15 is 0 Å². The SMILES string of the molecule is CCCc1ccc(C(O)CN(C)Cc2cccnc2)cc1. The molecule has 0 bridgehead atoms. The highest BCUT2D eigenvalue weighted by molar-refractivity contribution is 5.24. The first kappa shape index (κ1) is 15.7. The summed E-state index contributed by atoms with van der Waals surface area (Å²) in [6.45, 7) is 3.58. The van der Waals surface area contributed by atoms with Crippen LogP contribution in [0.15, 0.2) is 48.8 Å². The summed E-state index contributed by atoms with van der Waals surface area (Å²) in [7, 11) is 2.02. The largest absolute Gasteiger partial charge is 0.387 e. The molecule has 0 amide bonds. The van der Waals surface area contributed by atoms with Gasteiger partial charge in [-0.2, -0.15) is 0 Å². The molecule has 2 aromatic rings. The van der Waals surface area contributed by atoms with Crippen LogP contribution >= 0.6 is 0 Å². The topological polar surface area (TPSA) is 36.4 Å². The minimum atomic E-state index is -0.456. The van der Waals surface area contributed by atoms with Crippen LogP contribution in [-0.2, 0) is 13.0 Å². The smallest absolute Gasteiger partial charge is 0.0916 e. The van der Waals surface area contributed by atoms with Gasteiger partial charge in [-0.1, -0.05) is 43.7 Å². The molecule has 1 unspecified atom stereocenters. The van der Waals surface area contributed by atoms with Gasteiger partial charge in [0.25, 0.3) is 0 Å². The van der Waals surface area contributed by atoms with Crippen molar-refractivity contribution in [3.63, 3.8) is 0 Å². The molecule has 0 saturated carbocycles. The number of aliphatic hydroxyl groups is 1. The fourth-order valence-electron chi connectivity index (χ4n) is 2.46. The first-order valence-corrected chi connectivity index (χ1v) is 7.53. The second-order valence-electron chi connectivity index (χ2n) is 5.57. The highest BCUT2D eigenvalue weighted by Crippen LogP contribution is 2.16. The Morgan fingerprint density at radius 1 is 1.14 bits per heavy atom. The van der Waals surface area contributed by atoms with E-state index in [1.165, 1.54) is 5.56 Å². The summed E-state index contributed by atoms with van der Waals surface area (Å²) in [6, 6.07) is 12.3. The molecule has 3 nitrogen and oxygen atoms in total. The first-order chi connectivity index (χ1) is 10.2. The van der Waals surface area contributed by atoms with E-state index in [-0.39, 0.29) is 0 Å². The van der Waals surface area contributed by atoms with Gasteiger partial charge in [0.05, 0.1) is 6.10 Å². The predicted molar refractivity (Wildman–Crippen MR) is 86.0 cm³/mol. The van der Waals surface area contributed by atoms with Gasteiger partial charge in [0.1, 0.15) is 0 Å². The fraction of sp³-hybridized carbons (Fsp3) is 0.389. The zero-order valence-corrected chi connectivity index (χ0v) is 12.9. The average molecular weight is 284 g/mol. The van der Waals surface area contributed by atoms with Crippen molar-refractivity contribution in [3.05, 3.63) is 65.5 Å². The maximum atomic E-state index is 10.3. The molecule has 1 aromatic heterocycles. The summed E-state index contributed by atoms with van der Waals surface area (Å²) in [6.07, 6.45) is 5.42. The van der Waals surface area contributed by atoms with E-state index in [2.05, 4.69) is 35.0 Å². The zero-order valence-electron chi connectivity index (χ0n) is 12.9. The summed E-state index contributed by atoms with van der Waals surface area (Å²) < 4.78 is 0. The van der Waals surface area contributed by atoms with Crippen molar-refractivity contribution >= 4 is 0 Å². The van der Waals surface area contributed by atoms with E-state index in [9.17, 15) is 5.11 Å². The maximum absolute atomic E-state index is 10.3. The molecular weight excluding hydrogens is 260 g/mol. The third-order valence-corrected chi connectivity index (χ3v) is 3.56. The molecule has 21 heavy (non-hydrogen) atoms. The number of likely N-dealkylation sites (N-methyl/N-ethyl adjacent to an activating group) is 1. The predicted octanol–water partition coefficient (Wildman–Crippen LogP) is 3.20. The van der Waals surface area contributed by atoms with Crippen LogP contribution in [0.5, 0.6) is 0 Å². The molecule has 0 aliphatic rings. The van der Waals surface area contributed by atoms with Gasteiger partial charge in [0, 0.05) is 25.5 Å². The van der Waals surface area contributed by atoms with Gasteiger partial charge in [-0.15, -0.1) is 0 Å². The van der Waals surface area contributed by atoms with Gasteiger partial charge in [-0.3, -0.25) is 9.88 Å². The van der Waals surface area contributed by atoms with Crippen molar-refractivity contribution in [1.29, 1.82) is 0 Å². The van der Waals surface area contributed by atoms with Crippen LogP contribution in [0.1, 0.15) is 36.1 Å². The minimum Gasteiger partial charge on any atom is -0.387 e. The molecule has 1 atom stereocenters. The van der Waals surface area contributed by atoms with Crippen LogP contribution in [0.25, 0.3) is 0 Å². The van der Waals surface area contributed by atoms with Crippen LogP contribution in [0.2, 0.25) is 0 Å². The Morgan fingerprint density at radius 3 is 2.52 bits per heavy atom. The normalized spacial score (nSPS) is 12.6. The summed E-state index contributed by atoms with van der Waals surface area (Å²) in [5.74, 6) is 0. The molecule has 0 saturated heterocycles. The first-order valence-electron chi connectivity index (χ1n) is 7.53. The number of aromatic nitrogens is 1. The number of hydrogen-bond acceptors (Lipinski definition) is 3. The third-order valence-electron chi connectivity index (χ3n) is 3.56. The van der Waals surface area contributed by atoms with Gasteiger partial charge in [0.2, 0.25) is 0 Å². The number of aliphatic hydroxyl groups excluding tert-OH is 1. The second kappa shape index (κ2) is 7.91. The lowest BCUT2D eigenvalue weighted by atomic mass is 10.0. The van der Waals surface area contributed by atoms with Crippen LogP contribution in [0.3, 0.4) is 0 Å². The molecule has 0 aliphatic heterocycles. The molecule has 0 fully saturated rings. The molecule has 112 valence electrons.